The highest BCUT2D eigenvalue weighted by molar-refractivity contribution is 6.33. The summed E-state index contributed by atoms with van der Waals surface area (Å²) >= 11 is 12.5. The van der Waals surface area contributed by atoms with E-state index in [4.69, 9.17) is 37.7 Å². The lowest BCUT2D eigenvalue weighted by Crippen LogP contribution is -2.31. The molecule has 5 nitrogen and oxygen atoms in total. The zero-order valence-electron chi connectivity index (χ0n) is 16.3. The Labute approximate surface area is 180 Å². The van der Waals surface area contributed by atoms with Crippen LogP contribution in [0.15, 0.2) is 42.6 Å². The molecule has 4 rings (SSSR count). The van der Waals surface area contributed by atoms with Crippen LogP contribution >= 0.6 is 23.2 Å². The minimum absolute atomic E-state index is 0.569. The van der Waals surface area contributed by atoms with Gasteiger partial charge in [-0.1, -0.05) is 29.3 Å². The largest absolute Gasteiger partial charge is 0.493 e. The lowest BCUT2D eigenvalue weighted by molar-refractivity contribution is 0.242. The Kier molecular flexibility index (Phi) is 5.90. The maximum Gasteiger partial charge on any atom is 0.179 e. The first-order valence-corrected chi connectivity index (χ1v) is 10.1. The predicted octanol–water partition coefficient (Wildman–Crippen LogP) is 5.03. The van der Waals surface area contributed by atoms with Crippen LogP contribution in [0.3, 0.4) is 0 Å². The van der Waals surface area contributed by atoms with Crippen molar-refractivity contribution in [1.82, 2.24) is 14.9 Å². The monoisotopic (exact) mass is 429 g/mol. The van der Waals surface area contributed by atoms with Crippen molar-refractivity contribution in [3.05, 3.63) is 69.5 Å². The Morgan fingerprint density at radius 2 is 1.83 bits per heavy atom. The van der Waals surface area contributed by atoms with E-state index in [1.54, 1.807) is 14.2 Å². The van der Waals surface area contributed by atoms with Crippen molar-refractivity contribution in [2.45, 2.75) is 19.5 Å². The van der Waals surface area contributed by atoms with Crippen LogP contribution in [0, 0.1) is 0 Å². The van der Waals surface area contributed by atoms with Gasteiger partial charge in [0, 0.05) is 48.4 Å². The van der Waals surface area contributed by atoms with Crippen LogP contribution in [-0.4, -0.2) is 35.6 Å². The van der Waals surface area contributed by atoms with Crippen molar-refractivity contribution in [2.75, 3.05) is 20.8 Å². The van der Waals surface area contributed by atoms with Crippen molar-refractivity contribution in [3.63, 3.8) is 0 Å². The van der Waals surface area contributed by atoms with E-state index >= 15 is 0 Å². The molecule has 1 aliphatic heterocycles. The van der Waals surface area contributed by atoms with Gasteiger partial charge < -0.3 is 9.47 Å². The minimum Gasteiger partial charge on any atom is -0.493 e. The Hall–Kier alpha value is -2.34. The standard InChI is InChI=1S/C22H21Cl2N3O2/c1-28-19-8-5-15(20(24)21(19)29-2)12-27-10-9-18-16(13-27)11-25-22(26-18)14-3-6-17(23)7-4-14/h3-8,11H,9-10,12-13H2,1-2H3. The summed E-state index contributed by atoms with van der Waals surface area (Å²) in [5.74, 6) is 1.94. The summed E-state index contributed by atoms with van der Waals surface area (Å²) in [6.45, 7) is 2.40. The first-order valence-electron chi connectivity index (χ1n) is 9.31. The molecular formula is C22H21Cl2N3O2. The average molecular weight is 430 g/mol. The van der Waals surface area contributed by atoms with Gasteiger partial charge in [0.15, 0.2) is 17.3 Å². The van der Waals surface area contributed by atoms with Gasteiger partial charge in [-0.05, 0) is 35.9 Å². The second kappa shape index (κ2) is 8.57. The van der Waals surface area contributed by atoms with Crippen LogP contribution in [0.1, 0.15) is 16.8 Å². The molecule has 0 unspecified atom stereocenters. The van der Waals surface area contributed by atoms with Gasteiger partial charge in [-0.25, -0.2) is 9.97 Å². The molecule has 2 aromatic carbocycles. The van der Waals surface area contributed by atoms with Crippen molar-refractivity contribution < 1.29 is 9.47 Å². The van der Waals surface area contributed by atoms with Gasteiger partial charge in [0.1, 0.15) is 0 Å². The number of nitrogens with zero attached hydrogens (tertiary/aromatic N) is 3. The molecule has 2 heterocycles. The van der Waals surface area contributed by atoms with Crippen LogP contribution < -0.4 is 9.47 Å². The van der Waals surface area contributed by atoms with E-state index in [9.17, 15) is 0 Å². The third kappa shape index (κ3) is 4.17. The van der Waals surface area contributed by atoms with Gasteiger partial charge in [0.05, 0.1) is 24.9 Å². The highest BCUT2D eigenvalue weighted by Crippen LogP contribution is 2.38. The van der Waals surface area contributed by atoms with Gasteiger partial charge in [0.2, 0.25) is 0 Å². The number of aromatic nitrogens is 2. The van der Waals surface area contributed by atoms with E-state index < -0.39 is 0 Å². The Morgan fingerprint density at radius 3 is 2.55 bits per heavy atom. The van der Waals surface area contributed by atoms with E-state index in [-0.39, 0.29) is 0 Å². The molecule has 0 bridgehead atoms. The van der Waals surface area contributed by atoms with E-state index in [1.165, 1.54) is 0 Å². The molecule has 0 radical (unpaired) electrons. The molecule has 0 N–H and O–H groups in total. The van der Waals surface area contributed by atoms with Crippen LogP contribution in [-0.2, 0) is 19.5 Å². The number of benzene rings is 2. The molecule has 7 heteroatoms. The van der Waals surface area contributed by atoms with Crippen molar-refractivity contribution >= 4 is 23.2 Å². The van der Waals surface area contributed by atoms with Gasteiger partial charge in [-0.15, -0.1) is 0 Å². The van der Waals surface area contributed by atoms with Crippen LogP contribution in [0.4, 0.5) is 0 Å². The van der Waals surface area contributed by atoms with E-state index in [0.717, 1.165) is 54.3 Å². The van der Waals surface area contributed by atoms with E-state index in [0.29, 0.717) is 21.5 Å². The van der Waals surface area contributed by atoms with Crippen LogP contribution in [0.5, 0.6) is 11.5 Å². The average Bonchev–Trinajstić information content (AvgIpc) is 2.75. The summed E-state index contributed by atoms with van der Waals surface area (Å²) < 4.78 is 10.7. The lowest BCUT2D eigenvalue weighted by Gasteiger charge is -2.28. The topological polar surface area (TPSA) is 47.5 Å². The number of ether oxygens (including phenoxy) is 2. The fraction of sp³-hybridized carbons (Fsp3) is 0.273. The molecule has 29 heavy (non-hydrogen) atoms. The molecule has 1 aliphatic rings. The zero-order valence-corrected chi connectivity index (χ0v) is 17.8. The number of hydrogen-bond donors (Lipinski definition) is 0. The number of fused-ring (bicyclic) bond motifs is 1. The minimum atomic E-state index is 0.569. The van der Waals surface area contributed by atoms with Crippen LogP contribution in [0.2, 0.25) is 10.0 Å². The van der Waals surface area contributed by atoms with Gasteiger partial charge in [-0.3, -0.25) is 4.90 Å². The number of rotatable bonds is 5. The molecule has 0 aliphatic carbocycles. The maximum absolute atomic E-state index is 6.55. The smallest absolute Gasteiger partial charge is 0.179 e. The third-order valence-corrected chi connectivity index (χ3v) is 5.74. The Morgan fingerprint density at radius 1 is 1.03 bits per heavy atom. The highest BCUT2D eigenvalue weighted by Gasteiger charge is 2.21. The van der Waals surface area contributed by atoms with E-state index in [1.807, 2.05) is 42.6 Å². The molecule has 0 spiro atoms. The summed E-state index contributed by atoms with van der Waals surface area (Å²) in [4.78, 5) is 11.7. The number of hydrogen-bond acceptors (Lipinski definition) is 5. The normalized spacial score (nSPS) is 13.8. The SMILES string of the molecule is COc1ccc(CN2CCc3nc(-c4ccc(Cl)cc4)ncc3C2)c(Cl)c1OC. The third-order valence-electron chi connectivity index (χ3n) is 5.07. The summed E-state index contributed by atoms with van der Waals surface area (Å²) in [6, 6.07) is 11.5. The Bertz CT molecular complexity index is 1030. The second-order valence-electron chi connectivity index (χ2n) is 6.91. The summed E-state index contributed by atoms with van der Waals surface area (Å²) in [7, 11) is 3.20. The molecule has 0 amide bonds. The zero-order chi connectivity index (χ0) is 20.4. The fourth-order valence-corrected chi connectivity index (χ4v) is 3.96. The first kappa shape index (κ1) is 20.0. The molecule has 3 aromatic rings. The summed E-state index contributed by atoms with van der Waals surface area (Å²) in [6.07, 6.45) is 2.79. The molecule has 150 valence electrons. The van der Waals surface area contributed by atoms with Crippen LogP contribution in [0.25, 0.3) is 11.4 Å². The predicted molar refractivity (Wildman–Crippen MR) is 115 cm³/mol. The van der Waals surface area contributed by atoms with Gasteiger partial charge >= 0.3 is 0 Å². The number of methoxy groups -OCH3 is 2. The molecule has 1 aromatic heterocycles. The van der Waals surface area contributed by atoms with Crippen molar-refractivity contribution in [3.8, 4) is 22.9 Å². The van der Waals surface area contributed by atoms with Gasteiger partial charge in [0.25, 0.3) is 0 Å². The van der Waals surface area contributed by atoms with E-state index in [2.05, 4.69) is 9.88 Å². The summed E-state index contributed by atoms with van der Waals surface area (Å²) in [5.41, 5.74) is 4.22. The highest BCUT2D eigenvalue weighted by atomic mass is 35.5. The number of halogens is 2. The fourth-order valence-electron chi connectivity index (χ4n) is 3.54. The molecule has 0 saturated heterocycles. The molecule has 0 atom stereocenters. The second-order valence-corrected chi connectivity index (χ2v) is 7.72. The van der Waals surface area contributed by atoms with Crippen molar-refractivity contribution in [1.29, 1.82) is 0 Å². The van der Waals surface area contributed by atoms with Crippen molar-refractivity contribution in [2.24, 2.45) is 0 Å². The molecular weight excluding hydrogens is 409 g/mol. The maximum atomic E-state index is 6.55. The quantitative estimate of drug-likeness (QED) is 0.569. The Balaban J connectivity index is 1.52. The lowest BCUT2D eigenvalue weighted by atomic mass is 10.1. The summed E-state index contributed by atoms with van der Waals surface area (Å²) in [5, 5.41) is 1.29. The molecule has 0 saturated carbocycles. The van der Waals surface area contributed by atoms with Gasteiger partial charge in [-0.2, -0.15) is 0 Å². The first-order chi connectivity index (χ1) is 14.1. The molecule has 0 fully saturated rings.